The quantitative estimate of drug-likeness (QED) is 0.892. The fourth-order valence-corrected chi connectivity index (χ4v) is 2.12. The van der Waals surface area contributed by atoms with Crippen molar-refractivity contribution in [3.8, 4) is 5.75 Å². The Hall–Kier alpha value is -1.88. The first-order valence-electron chi connectivity index (χ1n) is 6.49. The molecule has 19 heavy (non-hydrogen) atoms. The zero-order chi connectivity index (χ0) is 13.2. The smallest absolute Gasteiger partial charge is 0.143 e. The minimum Gasteiger partial charge on any atom is -0.485 e. The van der Waals surface area contributed by atoms with E-state index in [9.17, 15) is 5.11 Å². The van der Waals surface area contributed by atoms with Crippen molar-refractivity contribution in [2.24, 2.45) is 0 Å². The molecule has 0 saturated heterocycles. The molecule has 3 rings (SSSR count). The van der Waals surface area contributed by atoms with Crippen molar-refractivity contribution in [1.29, 1.82) is 0 Å². The highest BCUT2D eigenvalue weighted by Gasteiger charge is 2.25. The molecule has 1 fully saturated rings. The second kappa shape index (κ2) is 5.01. The van der Waals surface area contributed by atoms with Crippen LogP contribution in [0.1, 0.15) is 36.0 Å². The topological polar surface area (TPSA) is 60.2 Å². The number of aliphatic hydroxyl groups is 1. The lowest BCUT2D eigenvalue weighted by molar-refractivity contribution is 0.250. The molecule has 0 radical (unpaired) electrons. The summed E-state index contributed by atoms with van der Waals surface area (Å²) in [5.74, 6) is 0.636. The van der Waals surface area contributed by atoms with Gasteiger partial charge in [-0.25, -0.2) is 4.98 Å². The molecule has 100 valence electrons. The third-order valence-corrected chi connectivity index (χ3v) is 3.28. The van der Waals surface area contributed by atoms with Crippen LogP contribution in [0.15, 0.2) is 24.7 Å². The molecule has 0 atom stereocenters. The van der Waals surface area contributed by atoms with Crippen LogP contribution in [0.5, 0.6) is 5.75 Å². The summed E-state index contributed by atoms with van der Waals surface area (Å²) in [4.78, 5) is 8.43. The Morgan fingerprint density at radius 1 is 1.42 bits per heavy atom. The van der Waals surface area contributed by atoms with Gasteiger partial charge in [0.2, 0.25) is 0 Å². The van der Waals surface area contributed by atoms with Crippen molar-refractivity contribution in [3.05, 3.63) is 41.7 Å². The maximum Gasteiger partial charge on any atom is 0.143 e. The fourth-order valence-electron chi connectivity index (χ4n) is 2.12. The van der Waals surface area contributed by atoms with E-state index in [0.717, 1.165) is 11.4 Å². The number of ether oxygens (including phenoxy) is 1. The molecule has 0 bridgehead atoms. The van der Waals surface area contributed by atoms with Gasteiger partial charge in [0.25, 0.3) is 0 Å². The van der Waals surface area contributed by atoms with Crippen molar-refractivity contribution in [1.82, 2.24) is 14.5 Å². The molecule has 1 aliphatic carbocycles. The van der Waals surface area contributed by atoms with E-state index in [4.69, 9.17) is 4.74 Å². The van der Waals surface area contributed by atoms with Gasteiger partial charge in [0.15, 0.2) is 0 Å². The van der Waals surface area contributed by atoms with E-state index in [1.54, 1.807) is 0 Å². The molecule has 1 aliphatic rings. The van der Waals surface area contributed by atoms with E-state index >= 15 is 0 Å². The van der Waals surface area contributed by atoms with Crippen molar-refractivity contribution in [2.45, 2.75) is 39.0 Å². The van der Waals surface area contributed by atoms with Crippen LogP contribution in [-0.4, -0.2) is 19.6 Å². The highest BCUT2D eigenvalue weighted by atomic mass is 16.5. The standard InChI is InChI=1S/C14H17N3O2/c1-10-2-5-14(13(7-18)16-10)19-8-12-6-15-9-17(12)11-3-4-11/h2,5-6,9,11,18H,3-4,7-8H2,1H3. The van der Waals surface area contributed by atoms with E-state index in [1.165, 1.54) is 12.8 Å². The number of aryl methyl sites for hydroxylation is 1. The van der Waals surface area contributed by atoms with Gasteiger partial charge in [-0.1, -0.05) is 0 Å². The van der Waals surface area contributed by atoms with Crippen molar-refractivity contribution in [3.63, 3.8) is 0 Å². The van der Waals surface area contributed by atoms with E-state index in [-0.39, 0.29) is 6.61 Å². The van der Waals surface area contributed by atoms with Crippen LogP contribution < -0.4 is 4.74 Å². The largest absolute Gasteiger partial charge is 0.485 e. The van der Waals surface area contributed by atoms with Crippen LogP contribution in [0.4, 0.5) is 0 Å². The molecule has 5 heteroatoms. The Kier molecular flexibility index (Phi) is 3.21. The van der Waals surface area contributed by atoms with Crippen LogP contribution in [0.2, 0.25) is 0 Å². The van der Waals surface area contributed by atoms with Crippen LogP contribution in [0, 0.1) is 6.92 Å². The molecule has 0 spiro atoms. The Balaban J connectivity index is 1.73. The molecule has 2 aromatic heterocycles. The summed E-state index contributed by atoms with van der Waals surface area (Å²) in [6.45, 7) is 2.23. The molecule has 0 aromatic carbocycles. The third kappa shape index (κ3) is 2.61. The van der Waals surface area contributed by atoms with Gasteiger partial charge in [-0.2, -0.15) is 0 Å². The fraction of sp³-hybridized carbons (Fsp3) is 0.429. The lowest BCUT2D eigenvalue weighted by Crippen LogP contribution is -2.06. The lowest BCUT2D eigenvalue weighted by Gasteiger charge is -2.11. The van der Waals surface area contributed by atoms with Crippen LogP contribution in [-0.2, 0) is 13.2 Å². The molecule has 0 amide bonds. The Labute approximate surface area is 111 Å². The van der Waals surface area contributed by atoms with Crippen molar-refractivity contribution >= 4 is 0 Å². The first-order valence-corrected chi connectivity index (χ1v) is 6.49. The zero-order valence-corrected chi connectivity index (χ0v) is 10.9. The molecule has 0 aliphatic heterocycles. The highest BCUT2D eigenvalue weighted by Crippen LogP contribution is 2.35. The van der Waals surface area contributed by atoms with Gasteiger partial charge in [0, 0.05) is 11.7 Å². The monoisotopic (exact) mass is 259 g/mol. The number of pyridine rings is 1. The first kappa shape index (κ1) is 12.2. The van der Waals surface area contributed by atoms with Crippen LogP contribution in [0.3, 0.4) is 0 Å². The first-order chi connectivity index (χ1) is 9.28. The van der Waals surface area contributed by atoms with Gasteiger partial charge < -0.3 is 14.4 Å². The summed E-state index contributed by atoms with van der Waals surface area (Å²) in [6.07, 6.45) is 6.13. The SMILES string of the molecule is Cc1ccc(OCc2cncn2C2CC2)c(CO)n1. The highest BCUT2D eigenvalue weighted by molar-refractivity contribution is 5.28. The van der Waals surface area contributed by atoms with Gasteiger partial charge in [0.05, 0.1) is 24.8 Å². The minimum absolute atomic E-state index is 0.112. The maximum absolute atomic E-state index is 9.29. The van der Waals surface area contributed by atoms with E-state index < -0.39 is 0 Å². The summed E-state index contributed by atoms with van der Waals surface area (Å²) in [5, 5.41) is 9.29. The summed E-state index contributed by atoms with van der Waals surface area (Å²) in [5.41, 5.74) is 2.52. The van der Waals surface area contributed by atoms with Crippen molar-refractivity contribution < 1.29 is 9.84 Å². The Morgan fingerprint density at radius 3 is 3.00 bits per heavy atom. The predicted octanol–water partition coefficient (Wildman–Crippen LogP) is 1.99. The Morgan fingerprint density at radius 2 is 2.26 bits per heavy atom. The number of rotatable bonds is 5. The van der Waals surface area contributed by atoms with Gasteiger partial charge in [-0.05, 0) is 31.9 Å². The maximum atomic E-state index is 9.29. The molecule has 0 unspecified atom stereocenters. The number of aromatic nitrogens is 3. The number of hydrogen-bond acceptors (Lipinski definition) is 4. The molecule has 1 saturated carbocycles. The van der Waals surface area contributed by atoms with Gasteiger partial charge in [0.1, 0.15) is 18.1 Å². The summed E-state index contributed by atoms with van der Waals surface area (Å²) >= 11 is 0. The van der Waals surface area contributed by atoms with E-state index in [0.29, 0.717) is 24.1 Å². The van der Waals surface area contributed by atoms with Crippen LogP contribution >= 0.6 is 0 Å². The predicted molar refractivity (Wildman–Crippen MR) is 69.7 cm³/mol. The van der Waals surface area contributed by atoms with Gasteiger partial charge in [-0.15, -0.1) is 0 Å². The molecular weight excluding hydrogens is 242 g/mol. The molecule has 1 N–H and O–H groups in total. The number of nitrogens with zero attached hydrogens (tertiary/aromatic N) is 3. The molecule has 2 aromatic rings. The number of hydrogen-bond donors (Lipinski definition) is 1. The Bertz CT molecular complexity index is 576. The van der Waals surface area contributed by atoms with Crippen LogP contribution in [0.25, 0.3) is 0 Å². The minimum atomic E-state index is -0.112. The van der Waals surface area contributed by atoms with Crippen molar-refractivity contribution in [2.75, 3.05) is 0 Å². The average molecular weight is 259 g/mol. The average Bonchev–Trinajstić information content (AvgIpc) is 3.16. The second-order valence-corrected chi connectivity index (χ2v) is 4.87. The number of imidazole rings is 1. The molecule has 2 heterocycles. The summed E-state index contributed by atoms with van der Waals surface area (Å²) < 4.78 is 7.93. The number of aliphatic hydroxyl groups excluding tert-OH is 1. The molecule has 5 nitrogen and oxygen atoms in total. The molecular formula is C14H17N3O2. The summed E-state index contributed by atoms with van der Waals surface area (Å²) in [7, 11) is 0. The normalized spacial score (nSPS) is 14.6. The third-order valence-electron chi connectivity index (χ3n) is 3.28. The van der Waals surface area contributed by atoms with Gasteiger partial charge in [-0.3, -0.25) is 4.98 Å². The van der Waals surface area contributed by atoms with E-state index in [2.05, 4.69) is 14.5 Å². The summed E-state index contributed by atoms with van der Waals surface area (Å²) in [6, 6.07) is 4.33. The zero-order valence-electron chi connectivity index (χ0n) is 10.9. The second-order valence-electron chi connectivity index (χ2n) is 4.87. The van der Waals surface area contributed by atoms with Gasteiger partial charge >= 0.3 is 0 Å². The lowest BCUT2D eigenvalue weighted by atomic mass is 10.3. The van der Waals surface area contributed by atoms with E-state index in [1.807, 2.05) is 31.6 Å².